The van der Waals surface area contributed by atoms with Crippen LogP contribution in [0.3, 0.4) is 0 Å². The number of benzene rings is 2. The summed E-state index contributed by atoms with van der Waals surface area (Å²) in [7, 11) is 0. The predicted octanol–water partition coefficient (Wildman–Crippen LogP) is 5.27. The number of hydrogen-bond donors (Lipinski definition) is 0. The van der Waals surface area contributed by atoms with E-state index in [-0.39, 0.29) is 0 Å². The van der Waals surface area contributed by atoms with E-state index in [9.17, 15) is 4.79 Å². The third-order valence-corrected chi connectivity index (χ3v) is 4.33. The predicted molar refractivity (Wildman–Crippen MR) is 92.7 cm³/mol. The molecule has 4 aromatic rings. The van der Waals surface area contributed by atoms with Gasteiger partial charge in [-0.2, -0.15) is 0 Å². The summed E-state index contributed by atoms with van der Waals surface area (Å²) in [6.45, 7) is 0. The summed E-state index contributed by atoms with van der Waals surface area (Å²) in [6.07, 6.45) is 3.18. The van der Waals surface area contributed by atoms with Crippen molar-refractivity contribution in [3.63, 3.8) is 0 Å². The average Bonchev–Trinajstić information content (AvgIpc) is 3.20. The van der Waals surface area contributed by atoms with Gasteiger partial charge in [-0.05, 0) is 41.8 Å². The van der Waals surface area contributed by atoms with Crippen molar-refractivity contribution >= 4 is 45.3 Å². The van der Waals surface area contributed by atoms with E-state index in [2.05, 4.69) is 0 Å². The summed E-state index contributed by atoms with van der Waals surface area (Å²) < 4.78 is 11.1. The molecule has 4 rings (SSSR count). The third kappa shape index (κ3) is 2.76. The molecule has 4 heteroatoms. The van der Waals surface area contributed by atoms with E-state index >= 15 is 0 Å². The second-order valence-corrected chi connectivity index (χ2v) is 6.01. The molecule has 3 nitrogen and oxygen atoms in total. The van der Waals surface area contributed by atoms with Crippen molar-refractivity contribution in [1.29, 1.82) is 0 Å². The number of carbonyl (C=O) groups excluding carboxylic acids is 1. The van der Waals surface area contributed by atoms with Crippen LogP contribution in [0.2, 0.25) is 0 Å². The molecule has 0 saturated carbocycles. The molecule has 23 heavy (non-hydrogen) atoms. The standard InChI is InChI=1S/C19H12O3S/c20-19(10-8-14-4-3-11-23-14)21-13-7-9-18-16(12-13)15-5-1-2-6-17(15)22-18/h1-12H/b10-8+. The van der Waals surface area contributed by atoms with Crippen molar-refractivity contribution in [2.24, 2.45) is 0 Å². The third-order valence-electron chi connectivity index (χ3n) is 3.49. The van der Waals surface area contributed by atoms with Gasteiger partial charge in [-0.25, -0.2) is 4.79 Å². The first-order chi connectivity index (χ1) is 11.3. The second-order valence-electron chi connectivity index (χ2n) is 5.03. The van der Waals surface area contributed by atoms with Crippen LogP contribution in [0.15, 0.2) is 70.5 Å². The lowest BCUT2D eigenvalue weighted by Crippen LogP contribution is -2.03. The Morgan fingerprint density at radius 3 is 2.74 bits per heavy atom. The first-order valence-electron chi connectivity index (χ1n) is 7.14. The zero-order valence-corrected chi connectivity index (χ0v) is 12.9. The second kappa shape index (κ2) is 5.74. The number of thiophene rings is 1. The van der Waals surface area contributed by atoms with E-state index in [1.807, 2.05) is 53.9 Å². The van der Waals surface area contributed by atoms with Gasteiger partial charge in [-0.15, -0.1) is 11.3 Å². The maximum absolute atomic E-state index is 11.9. The van der Waals surface area contributed by atoms with E-state index in [1.54, 1.807) is 23.5 Å². The topological polar surface area (TPSA) is 39.4 Å². The Morgan fingerprint density at radius 2 is 1.87 bits per heavy atom. The number of fused-ring (bicyclic) bond motifs is 3. The van der Waals surface area contributed by atoms with Crippen molar-refractivity contribution < 1.29 is 13.9 Å². The Hall–Kier alpha value is -2.85. The van der Waals surface area contributed by atoms with Crippen LogP contribution in [0.4, 0.5) is 0 Å². The number of esters is 1. The normalized spacial score (nSPS) is 11.5. The highest BCUT2D eigenvalue weighted by molar-refractivity contribution is 7.10. The minimum absolute atomic E-state index is 0.398. The van der Waals surface area contributed by atoms with Gasteiger partial charge in [0.2, 0.25) is 0 Å². The van der Waals surface area contributed by atoms with Crippen LogP contribution >= 0.6 is 11.3 Å². The molecule has 2 aromatic carbocycles. The highest BCUT2D eigenvalue weighted by Crippen LogP contribution is 2.31. The number of ether oxygens (including phenoxy) is 1. The number of carbonyl (C=O) groups is 1. The summed E-state index contributed by atoms with van der Waals surface area (Å²) >= 11 is 1.57. The lowest BCUT2D eigenvalue weighted by Gasteiger charge is -2.00. The van der Waals surface area contributed by atoms with Crippen LogP contribution < -0.4 is 4.74 Å². The molecule has 0 saturated heterocycles. The Balaban J connectivity index is 1.61. The lowest BCUT2D eigenvalue weighted by molar-refractivity contribution is -0.128. The maximum atomic E-state index is 11.9. The minimum Gasteiger partial charge on any atom is -0.456 e. The van der Waals surface area contributed by atoms with Crippen molar-refractivity contribution in [1.82, 2.24) is 0 Å². The smallest absolute Gasteiger partial charge is 0.336 e. The van der Waals surface area contributed by atoms with E-state index in [1.165, 1.54) is 6.08 Å². The minimum atomic E-state index is -0.398. The molecular weight excluding hydrogens is 308 g/mol. The molecule has 0 fully saturated rings. The molecule has 0 aliphatic rings. The number of furan rings is 1. The molecule has 0 spiro atoms. The fraction of sp³-hybridized carbons (Fsp3) is 0. The summed E-state index contributed by atoms with van der Waals surface area (Å²) in [4.78, 5) is 12.9. The Bertz CT molecular complexity index is 1010. The highest BCUT2D eigenvalue weighted by atomic mass is 32.1. The molecule has 0 aliphatic carbocycles. The van der Waals surface area contributed by atoms with E-state index in [4.69, 9.17) is 9.15 Å². The van der Waals surface area contributed by atoms with Gasteiger partial charge in [0.1, 0.15) is 16.9 Å². The number of hydrogen-bond acceptors (Lipinski definition) is 4. The van der Waals surface area contributed by atoms with Crippen molar-refractivity contribution in [3.05, 3.63) is 70.9 Å². The largest absolute Gasteiger partial charge is 0.456 e. The number of rotatable bonds is 3. The maximum Gasteiger partial charge on any atom is 0.336 e. The highest BCUT2D eigenvalue weighted by Gasteiger charge is 2.08. The molecule has 0 amide bonds. The summed E-state index contributed by atoms with van der Waals surface area (Å²) in [5.74, 6) is 0.107. The Labute approximate surface area is 136 Å². The van der Waals surface area contributed by atoms with Gasteiger partial charge in [0, 0.05) is 21.7 Å². The molecule has 112 valence electrons. The van der Waals surface area contributed by atoms with Crippen LogP contribution in [0.25, 0.3) is 28.0 Å². The molecule has 2 aromatic heterocycles. The van der Waals surface area contributed by atoms with Gasteiger partial charge < -0.3 is 9.15 Å². The Kier molecular flexibility index (Phi) is 3.44. The zero-order valence-electron chi connectivity index (χ0n) is 12.1. The van der Waals surface area contributed by atoms with Crippen LogP contribution in [-0.2, 0) is 4.79 Å². The summed E-state index contributed by atoms with van der Waals surface area (Å²) in [5, 5.41) is 3.91. The van der Waals surface area contributed by atoms with Crippen molar-refractivity contribution in [2.45, 2.75) is 0 Å². The van der Waals surface area contributed by atoms with Crippen LogP contribution in [-0.4, -0.2) is 5.97 Å². The van der Waals surface area contributed by atoms with Gasteiger partial charge in [-0.3, -0.25) is 0 Å². The fourth-order valence-electron chi connectivity index (χ4n) is 2.46. The fourth-order valence-corrected chi connectivity index (χ4v) is 3.07. The zero-order chi connectivity index (χ0) is 15.6. The van der Waals surface area contributed by atoms with Gasteiger partial charge >= 0.3 is 5.97 Å². The molecule has 0 aliphatic heterocycles. The summed E-state index contributed by atoms with van der Waals surface area (Å²) in [6, 6.07) is 17.1. The van der Waals surface area contributed by atoms with Crippen LogP contribution in [0.5, 0.6) is 5.75 Å². The molecule has 0 bridgehead atoms. The molecule has 0 atom stereocenters. The molecule has 2 heterocycles. The molecule has 0 radical (unpaired) electrons. The number of para-hydroxylation sites is 1. The van der Waals surface area contributed by atoms with Gasteiger partial charge in [0.15, 0.2) is 0 Å². The van der Waals surface area contributed by atoms with E-state index in [0.29, 0.717) is 5.75 Å². The average molecular weight is 320 g/mol. The van der Waals surface area contributed by atoms with Gasteiger partial charge in [0.25, 0.3) is 0 Å². The SMILES string of the molecule is O=C(/C=C/c1cccs1)Oc1ccc2oc3ccccc3c2c1. The molecule has 0 N–H and O–H groups in total. The van der Waals surface area contributed by atoms with Crippen molar-refractivity contribution in [2.75, 3.05) is 0 Å². The Morgan fingerprint density at radius 1 is 1.00 bits per heavy atom. The molecular formula is C19H12O3S. The van der Waals surface area contributed by atoms with E-state index < -0.39 is 5.97 Å². The monoisotopic (exact) mass is 320 g/mol. The lowest BCUT2D eigenvalue weighted by atomic mass is 10.1. The van der Waals surface area contributed by atoms with Crippen molar-refractivity contribution in [3.8, 4) is 5.75 Å². The molecule has 0 unspecified atom stereocenters. The van der Waals surface area contributed by atoms with E-state index in [0.717, 1.165) is 26.8 Å². The first kappa shape index (κ1) is 13.8. The van der Waals surface area contributed by atoms with Gasteiger partial charge in [0.05, 0.1) is 0 Å². The summed E-state index contributed by atoms with van der Waals surface area (Å²) in [5.41, 5.74) is 1.60. The van der Waals surface area contributed by atoms with Crippen LogP contribution in [0.1, 0.15) is 4.88 Å². The first-order valence-corrected chi connectivity index (χ1v) is 8.02. The van der Waals surface area contributed by atoms with Gasteiger partial charge in [-0.1, -0.05) is 24.3 Å². The quantitative estimate of drug-likeness (QED) is 0.293. The van der Waals surface area contributed by atoms with Crippen LogP contribution in [0, 0.1) is 0 Å².